The molecule has 0 saturated carbocycles. The van der Waals surface area contributed by atoms with E-state index in [1.807, 2.05) is 0 Å². The Labute approximate surface area is 200 Å². The summed E-state index contributed by atoms with van der Waals surface area (Å²) >= 11 is 20.6. The molecule has 2 amide bonds. The minimum absolute atomic E-state index is 0.0404. The first-order chi connectivity index (χ1) is 14.2. The van der Waals surface area contributed by atoms with Gasteiger partial charge in [0.05, 0.1) is 10.8 Å². The van der Waals surface area contributed by atoms with E-state index >= 15 is 0 Å². The number of carboxylic acids is 1. The van der Waals surface area contributed by atoms with Crippen molar-refractivity contribution in [2.75, 3.05) is 17.3 Å². The SMILES string of the molecule is NC(=S)SCC1=C(C(=O)O)N2C(=O)C(NC(=O)CSc3cc(Cl)ccc3Cl)[C@H]2SC1. The number of β-lactam (4-membered cyclic amide) rings is 1. The Morgan fingerprint density at radius 2 is 2.13 bits per heavy atom. The lowest BCUT2D eigenvalue weighted by molar-refractivity contribution is -0.150. The molecule has 30 heavy (non-hydrogen) atoms. The van der Waals surface area contributed by atoms with Crippen molar-refractivity contribution < 1.29 is 19.5 Å². The number of nitrogens with one attached hydrogen (secondary N) is 1. The van der Waals surface area contributed by atoms with Crippen molar-refractivity contribution in [1.29, 1.82) is 0 Å². The second kappa shape index (κ2) is 10.0. The van der Waals surface area contributed by atoms with Gasteiger partial charge in [-0.2, -0.15) is 0 Å². The summed E-state index contributed by atoms with van der Waals surface area (Å²) in [6.07, 6.45) is 0. The lowest BCUT2D eigenvalue weighted by Crippen LogP contribution is -2.70. The first kappa shape index (κ1) is 23.6. The number of nitrogens with two attached hydrogens (primary N) is 1. The molecule has 0 radical (unpaired) electrons. The second-order valence-corrected chi connectivity index (χ2v) is 10.9. The fourth-order valence-corrected chi connectivity index (χ4v) is 6.41. The van der Waals surface area contributed by atoms with Crippen LogP contribution >= 0.6 is 70.7 Å². The molecule has 13 heteroatoms. The molecule has 2 heterocycles. The highest BCUT2D eigenvalue weighted by molar-refractivity contribution is 8.23. The van der Waals surface area contributed by atoms with Gasteiger partial charge in [0.15, 0.2) is 0 Å². The average Bonchev–Trinajstić information content (AvgIpc) is 2.70. The van der Waals surface area contributed by atoms with Crippen molar-refractivity contribution in [3.05, 3.63) is 39.5 Å². The molecule has 4 N–H and O–H groups in total. The van der Waals surface area contributed by atoms with Crippen LogP contribution in [0.15, 0.2) is 34.4 Å². The summed E-state index contributed by atoms with van der Waals surface area (Å²) in [5.41, 5.74) is 5.99. The number of carbonyl (C=O) groups is 3. The first-order valence-electron chi connectivity index (χ1n) is 8.38. The van der Waals surface area contributed by atoms with E-state index in [4.69, 9.17) is 41.2 Å². The van der Waals surface area contributed by atoms with E-state index in [1.165, 1.54) is 28.4 Å². The zero-order valence-electron chi connectivity index (χ0n) is 15.1. The number of thioether (sulfide) groups is 3. The van der Waals surface area contributed by atoms with Crippen LogP contribution in [-0.4, -0.2) is 60.8 Å². The molecule has 1 unspecified atom stereocenters. The molecule has 1 saturated heterocycles. The van der Waals surface area contributed by atoms with E-state index in [9.17, 15) is 19.5 Å². The molecule has 0 bridgehead atoms. The van der Waals surface area contributed by atoms with E-state index in [0.29, 0.717) is 32.0 Å². The van der Waals surface area contributed by atoms with Crippen LogP contribution in [0.5, 0.6) is 0 Å². The number of amides is 2. The molecule has 160 valence electrons. The number of halogens is 2. The maximum Gasteiger partial charge on any atom is 0.352 e. The second-order valence-electron chi connectivity index (χ2n) is 6.18. The van der Waals surface area contributed by atoms with Crippen LogP contribution in [0, 0.1) is 0 Å². The third-order valence-corrected chi connectivity index (χ3v) is 8.41. The normalized spacial score (nSPS) is 20.5. The van der Waals surface area contributed by atoms with Crippen LogP contribution < -0.4 is 11.1 Å². The first-order valence-corrected chi connectivity index (χ1v) is 12.6. The van der Waals surface area contributed by atoms with Crippen LogP contribution in [-0.2, 0) is 14.4 Å². The molecule has 0 spiro atoms. The summed E-state index contributed by atoms with van der Waals surface area (Å²) < 4.78 is 0.205. The molecule has 1 aromatic rings. The van der Waals surface area contributed by atoms with Crippen LogP contribution in [0.2, 0.25) is 10.0 Å². The molecule has 7 nitrogen and oxygen atoms in total. The quantitative estimate of drug-likeness (QED) is 0.282. The van der Waals surface area contributed by atoms with Gasteiger partial charge in [0.25, 0.3) is 5.91 Å². The number of aliphatic carboxylic acids is 1. The number of thiocarbonyl (C=S) groups is 1. The zero-order valence-corrected chi connectivity index (χ0v) is 19.9. The third-order valence-electron chi connectivity index (χ3n) is 4.21. The number of carboxylic acid groups (broad SMARTS) is 1. The summed E-state index contributed by atoms with van der Waals surface area (Å²) in [5.74, 6) is -1.26. The maximum atomic E-state index is 12.6. The standard InChI is InChI=1S/C17H15Cl2N3O4S4/c18-8-1-2-9(19)10(3-8)28-6-11(23)21-12-14(24)22-13(16(25)26)7(4-29-15(12)22)5-30-17(20)27/h1-3,12,15H,4-6H2,(H2,20,27)(H,21,23)(H,25,26)/t12?,15-/m1/s1. The number of benzene rings is 1. The Bertz CT molecular complexity index is 959. The van der Waals surface area contributed by atoms with Crippen LogP contribution in [0.25, 0.3) is 0 Å². The van der Waals surface area contributed by atoms with Gasteiger partial charge in [-0.05, 0) is 23.8 Å². The highest BCUT2D eigenvalue weighted by Gasteiger charge is 2.54. The van der Waals surface area contributed by atoms with Gasteiger partial charge in [-0.25, -0.2) is 4.79 Å². The highest BCUT2D eigenvalue weighted by Crippen LogP contribution is 2.41. The van der Waals surface area contributed by atoms with E-state index in [0.717, 1.165) is 11.8 Å². The van der Waals surface area contributed by atoms with Gasteiger partial charge in [-0.1, -0.05) is 47.2 Å². The minimum Gasteiger partial charge on any atom is -0.477 e. The van der Waals surface area contributed by atoms with Crippen LogP contribution in [0.1, 0.15) is 0 Å². The van der Waals surface area contributed by atoms with Gasteiger partial charge >= 0.3 is 5.97 Å². The highest BCUT2D eigenvalue weighted by atomic mass is 35.5. The van der Waals surface area contributed by atoms with Gasteiger partial charge in [-0.3, -0.25) is 14.5 Å². The number of rotatable bonds is 7. The summed E-state index contributed by atoms with van der Waals surface area (Å²) in [6.45, 7) is 0. The number of hydrogen-bond acceptors (Lipinski definition) is 7. The van der Waals surface area contributed by atoms with Crippen molar-refractivity contribution in [3.8, 4) is 0 Å². The molecule has 2 aliphatic rings. The Morgan fingerprint density at radius 1 is 1.40 bits per heavy atom. The molecular weight excluding hydrogens is 509 g/mol. The molecule has 0 aromatic heterocycles. The van der Waals surface area contributed by atoms with E-state index in [2.05, 4.69) is 5.32 Å². The van der Waals surface area contributed by atoms with E-state index < -0.39 is 23.3 Å². The van der Waals surface area contributed by atoms with Gasteiger partial charge < -0.3 is 16.2 Å². The summed E-state index contributed by atoms with van der Waals surface area (Å²) in [4.78, 5) is 38.6. The lowest BCUT2D eigenvalue weighted by atomic mass is 10.0. The molecule has 1 fully saturated rings. The van der Waals surface area contributed by atoms with Crippen molar-refractivity contribution in [2.24, 2.45) is 5.73 Å². The van der Waals surface area contributed by atoms with E-state index in [1.54, 1.807) is 18.2 Å². The van der Waals surface area contributed by atoms with Crippen molar-refractivity contribution in [1.82, 2.24) is 10.2 Å². The Hall–Kier alpha value is -1.11. The smallest absolute Gasteiger partial charge is 0.352 e. The molecular formula is C17H15Cl2N3O4S4. The summed E-state index contributed by atoms with van der Waals surface area (Å²) in [5, 5.41) is 12.8. The Morgan fingerprint density at radius 3 is 2.80 bits per heavy atom. The van der Waals surface area contributed by atoms with Gasteiger partial charge in [0.1, 0.15) is 21.4 Å². The third kappa shape index (κ3) is 5.20. The maximum absolute atomic E-state index is 12.6. The van der Waals surface area contributed by atoms with Crippen molar-refractivity contribution in [2.45, 2.75) is 16.3 Å². The van der Waals surface area contributed by atoms with Crippen molar-refractivity contribution in [3.63, 3.8) is 0 Å². The Balaban J connectivity index is 1.63. The minimum atomic E-state index is -1.19. The van der Waals surface area contributed by atoms with Crippen molar-refractivity contribution >= 4 is 92.8 Å². The number of fused-ring (bicyclic) bond motifs is 1. The van der Waals surface area contributed by atoms with Gasteiger partial charge in [0.2, 0.25) is 5.91 Å². The Kier molecular flexibility index (Phi) is 7.86. The monoisotopic (exact) mass is 523 g/mol. The summed E-state index contributed by atoms with van der Waals surface area (Å²) in [6, 6.07) is 4.17. The lowest BCUT2D eigenvalue weighted by Gasteiger charge is -2.49. The van der Waals surface area contributed by atoms with E-state index in [-0.39, 0.29) is 21.7 Å². The van der Waals surface area contributed by atoms with Gasteiger partial charge in [-0.15, -0.1) is 23.5 Å². The van der Waals surface area contributed by atoms with Crippen LogP contribution in [0.4, 0.5) is 0 Å². The number of hydrogen-bond donors (Lipinski definition) is 3. The topological polar surface area (TPSA) is 113 Å². The molecule has 3 rings (SSSR count). The predicted molar refractivity (Wildman–Crippen MR) is 126 cm³/mol. The number of carbonyl (C=O) groups excluding carboxylic acids is 2. The largest absolute Gasteiger partial charge is 0.477 e. The number of nitrogens with zero attached hydrogens (tertiary/aromatic N) is 1. The fourth-order valence-electron chi connectivity index (χ4n) is 2.90. The predicted octanol–water partition coefficient (Wildman–Crippen LogP) is 2.80. The molecule has 2 atom stereocenters. The zero-order chi connectivity index (χ0) is 22.0. The van der Waals surface area contributed by atoms with Crippen LogP contribution in [0.3, 0.4) is 0 Å². The fraction of sp³-hybridized carbons (Fsp3) is 0.294. The average molecular weight is 524 g/mol. The summed E-state index contributed by atoms with van der Waals surface area (Å²) in [7, 11) is 0. The molecule has 2 aliphatic heterocycles. The molecule has 0 aliphatic carbocycles. The molecule has 1 aromatic carbocycles. The van der Waals surface area contributed by atoms with Gasteiger partial charge in [0, 0.05) is 21.4 Å².